The Balaban J connectivity index is 1.14. The summed E-state index contributed by atoms with van der Waals surface area (Å²) in [6.07, 6.45) is 0. The normalized spacial score (nSPS) is 11.8. The van der Waals surface area contributed by atoms with Gasteiger partial charge in [-0.1, -0.05) is 152 Å². The van der Waals surface area contributed by atoms with Crippen molar-refractivity contribution in [1.82, 2.24) is 19.5 Å². The number of furan rings is 1. The van der Waals surface area contributed by atoms with Gasteiger partial charge >= 0.3 is 0 Å². The van der Waals surface area contributed by atoms with Gasteiger partial charge in [0, 0.05) is 38.2 Å². The molecule has 0 radical (unpaired) electrons. The Labute approximate surface area is 333 Å². The van der Waals surface area contributed by atoms with E-state index in [-0.39, 0.29) is 0 Å². The summed E-state index contributed by atoms with van der Waals surface area (Å²) in [5, 5.41) is 9.28. The first-order valence-electron chi connectivity index (χ1n) is 19.5. The Morgan fingerprint density at radius 3 is 1.69 bits per heavy atom. The van der Waals surface area contributed by atoms with E-state index in [0.717, 1.165) is 60.9 Å². The van der Waals surface area contributed by atoms with Crippen LogP contribution in [0.4, 0.5) is 0 Å². The summed E-state index contributed by atoms with van der Waals surface area (Å²) in [6, 6.07) is 68.2. The molecule has 12 rings (SSSR count). The Bertz CT molecular complexity index is 3500. The average Bonchev–Trinajstić information content (AvgIpc) is 3.83. The highest BCUT2D eigenvalue weighted by atomic mass is 16.3. The van der Waals surface area contributed by atoms with Crippen LogP contribution in [0.15, 0.2) is 199 Å². The molecule has 0 aliphatic heterocycles. The highest BCUT2D eigenvalue weighted by Gasteiger charge is 2.22. The van der Waals surface area contributed by atoms with E-state index < -0.39 is 0 Å². The largest absolute Gasteiger partial charge is 0.454 e. The number of rotatable bonds is 5. The van der Waals surface area contributed by atoms with Crippen LogP contribution < -0.4 is 0 Å². The Morgan fingerprint density at radius 1 is 0.345 bits per heavy atom. The van der Waals surface area contributed by atoms with Crippen LogP contribution in [0, 0.1) is 0 Å². The maximum absolute atomic E-state index is 7.07. The van der Waals surface area contributed by atoms with Gasteiger partial charge in [-0.05, 0) is 75.1 Å². The fraction of sp³-hybridized carbons (Fsp3) is 0. The van der Waals surface area contributed by atoms with Crippen LogP contribution >= 0.6 is 0 Å². The first-order valence-corrected chi connectivity index (χ1v) is 19.5. The lowest BCUT2D eigenvalue weighted by molar-refractivity contribution is 0.666. The summed E-state index contributed by atoms with van der Waals surface area (Å²) in [7, 11) is 0. The van der Waals surface area contributed by atoms with E-state index in [1.165, 1.54) is 37.9 Å². The van der Waals surface area contributed by atoms with Crippen molar-refractivity contribution in [3.8, 4) is 51.0 Å². The van der Waals surface area contributed by atoms with E-state index in [1.807, 2.05) is 60.7 Å². The van der Waals surface area contributed by atoms with Crippen LogP contribution in [-0.2, 0) is 0 Å². The predicted octanol–water partition coefficient (Wildman–Crippen LogP) is 13.8. The highest BCUT2D eigenvalue weighted by Crippen LogP contribution is 2.43. The molecule has 0 unspecified atom stereocenters. The lowest BCUT2D eigenvalue weighted by Gasteiger charge is -2.13. The van der Waals surface area contributed by atoms with Gasteiger partial charge in [0.2, 0.25) is 0 Å². The molecular formula is C53H32N4O. The third-order valence-corrected chi connectivity index (χ3v) is 11.4. The third-order valence-electron chi connectivity index (χ3n) is 11.4. The molecule has 58 heavy (non-hydrogen) atoms. The average molecular weight is 741 g/mol. The first kappa shape index (κ1) is 32.4. The van der Waals surface area contributed by atoms with Gasteiger partial charge in [-0.25, -0.2) is 15.0 Å². The first-order chi connectivity index (χ1) is 28.7. The smallest absolute Gasteiger partial charge is 0.164 e. The topological polar surface area (TPSA) is 56.7 Å². The zero-order valence-electron chi connectivity index (χ0n) is 31.2. The lowest BCUT2D eigenvalue weighted by atomic mass is 9.96. The number of para-hydroxylation sites is 1. The molecule has 0 atom stereocenters. The number of benzene rings is 9. The van der Waals surface area contributed by atoms with Crippen LogP contribution in [0.1, 0.15) is 0 Å². The predicted molar refractivity (Wildman–Crippen MR) is 238 cm³/mol. The fourth-order valence-electron chi connectivity index (χ4n) is 8.65. The molecule has 0 aliphatic rings. The van der Waals surface area contributed by atoms with E-state index in [2.05, 4.69) is 138 Å². The van der Waals surface area contributed by atoms with Gasteiger partial charge in [-0.3, -0.25) is 0 Å². The number of aromatic nitrogens is 4. The van der Waals surface area contributed by atoms with Crippen molar-refractivity contribution < 1.29 is 4.42 Å². The van der Waals surface area contributed by atoms with E-state index in [0.29, 0.717) is 17.5 Å². The summed E-state index contributed by atoms with van der Waals surface area (Å²) >= 11 is 0. The van der Waals surface area contributed by atoms with Gasteiger partial charge in [0.25, 0.3) is 0 Å². The van der Waals surface area contributed by atoms with Crippen molar-refractivity contribution in [1.29, 1.82) is 0 Å². The van der Waals surface area contributed by atoms with E-state index in [1.54, 1.807) is 0 Å². The maximum atomic E-state index is 7.07. The lowest BCUT2D eigenvalue weighted by Crippen LogP contribution is -2.00. The Kier molecular flexibility index (Phi) is 7.16. The minimum absolute atomic E-state index is 0.584. The molecule has 0 saturated heterocycles. The minimum atomic E-state index is 0.584. The quantitative estimate of drug-likeness (QED) is 0.176. The zero-order valence-corrected chi connectivity index (χ0v) is 31.2. The molecule has 5 heteroatoms. The summed E-state index contributed by atoms with van der Waals surface area (Å²) in [4.78, 5) is 15.0. The molecule has 0 aliphatic carbocycles. The Hall–Kier alpha value is -7.89. The van der Waals surface area contributed by atoms with Crippen LogP contribution in [0.5, 0.6) is 0 Å². The number of hydrogen-bond acceptors (Lipinski definition) is 4. The standard InChI is InChI=1S/C53H32N4O/c1-3-15-34(16-4-1)51-54-52(35-17-5-2-6-18-35)56-53(55-51)38-26-27-43-45-29-39(41-24-13-21-33-14-9-10-22-40(33)41)31-48(50(45)58-49(43)32-38)57-46-25-12-11-23-42(46)44-28-36-19-7-8-20-37(36)30-47(44)57/h1-32H. The summed E-state index contributed by atoms with van der Waals surface area (Å²) in [5.41, 5.74) is 9.81. The molecular weight excluding hydrogens is 709 g/mol. The summed E-state index contributed by atoms with van der Waals surface area (Å²) in [6.45, 7) is 0. The molecule has 0 spiro atoms. The maximum Gasteiger partial charge on any atom is 0.164 e. The molecule has 12 aromatic rings. The molecule has 3 aromatic heterocycles. The highest BCUT2D eigenvalue weighted by molar-refractivity contribution is 6.16. The third kappa shape index (κ3) is 5.14. The fourth-order valence-corrected chi connectivity index (χ4v) is 8.65. The SMILES string of the molecule is c1ccc(-c2nc(-c3ccccc3)nc(-c3ccc4c(c3)oc3c(-n5c6ccccc6c6cc7ccccc7cc65)cc(-c5cccc6ccccc56)cc34)n2)cc1. The van der Waals surface area contributed by atoms with Crippen molar-refractivity contribution in [2.75, 3.05) is 0 Å². The number of hydrogen-bond donors (Lipinski definition) is 0. The van der Waals surface area contributed by atoms with Crippen molar-refractivity contribution in [3.05, 3.63) is 194 Å². The second-order valence-electron chi connectivity index (χ2n) is 14.8. The molecule has 0 saturated carbocycles. The van der Waals surface area contributed by atoms with Gasteiger partial charge in [0.15, 0.2) is 23.1 Å². The van der Waals surface area contributed by atoms with Crippen molar-refractivity contribution in [2.24, 2.45) is 0 Å². The van der Waals surface area contributed by atoms with Crippen LogP contribution in [-0.4, -0.2) is 19.5 Å². The number of nitrogens with zero attached hydrogens (tertiary/aromatic N) is 4. The van der Waals surface area contributed by atoms with E-state index in [4.69, 9.17) is 19.4 Å². The summed E-state index contributed by atoms with van der Waals surface area (Å²) in [5.74, 6) is 1.83. The molecule has 0 fully saturated rings. The van der Waals surface area contributed by atoms with Gasteiger partial charge in [-0.2, -0.15) is 0 Å². The minimum Gasteiger partial charge on any atom is -0.454 e. The zero-order chi connectivity index (χ0) is 38.2. The molecule has 0 bridgehead atoms. The molecule has 0 amide bonds. The van der Waals surface area contributed by atoms with Crippen molar-refractivity contribution in [2.45, 2.75) is 0 Å². The Morgan fingerprint density at radius 2 is 0.948 bits per heavy atom. The molecule has 0 N–H and O–H groups in total. The van der Waals surface area contributed by atoms with Crippen molar-refractivity contribution >= 4 is 65.3 Å². The second kappa shape index (κ2) is 12.8. The monoisotopic (exact) mass is 740 g/mol. The molecule has 9 aromatic carbocycles. The van der Waals surface area contributed by atoms with Crippen LogP contribution in [0.3, 0.4) is 0 Å². The second-order valence-corrected chi connectivity index (χ2v) is 14.8. The summed E-state index contributed by atoms with van der Waals surface area (Å²) < 4.78 is 9.46. The van der Waals surface area contributed by atoms with Crippen LogP contribution in [0.2, 0.25) is 0 Å². The molecule has 3 heterocycles. The van der Waals surface area contributed by atoms with Gasteiger partial charge in [-0.15, -0.1) is 0 Å². The number of fused-ring (bicyclic) bond motifs is 8. The van der Waals surface area contributed by atoms with E-state index in [9.17, 15) is 0 Å². The molecule has 5 nitrogen and oxygen atoms in total. The van der Waals surface area contributed by atoms with E-state index >= 15 is 0 Å². The van der Waals surface area contributed by atoms with Gasteiger partial charge < -0.3 is 8.98 Å². The molecule has 270 valence electrons. The van der Waals surface area contributed by atoms with Gasteiger partial charge in [0.1, 0.15) is 5.58 Å². The van der Waals surface area contributed by atoms with Crippen molar-refractivity contribution in [3.63, 3.8) is 0 Å². The van der Waals surface area contributed by atoms with Gasteiger partial charge in [0.05, 0.1) is 16.7 Å². The van der Waals surface area contributed by atoms with Crippen LogP contribution in [0.25, 0.3) is 116 Å².